The van der Waals surface area contributed by atoms with Gasteiger partial charge in [-0.05, 0) is 55.3 Å². The van der Waals surface area contributed by atoms with Crippen LogP contribution in [0.15, 0.2) is 0 Å². The van der Waals surface area contributed by atoms with E-state index in [0.29, 0.717) is 0 Å². The maximum atomic E-state index is 2.32. The van der Waals surface area contributed by atoms with Gasteiger partial charge in [-0.1, -0.05) is 26.2 Å². The van der Waals surface area contributed by atoms with Gasteiger partial charge in [-0.2, -0.15) is 0 Å². The summed E-state index contributed by atoms with van der Waals surface area (Å²) in [4.78, 5) is 0. The van der Waals surface area contributed by atoms with Crippen LogP contribution in [0.3, 0.4) is 0 Å². The molecule has 0 amide bonds. The highest BCUT2D eigenvalue weighted by Gasteiger charge is 2.66. The Balaban J connectivity index is 1.43. The third-order valence-electron chi connectivity index (χ3n) is 5.25. The number of hydrogen-bond acceptors (Lipinski definition) is 0. The molecule has 3 aliphatic rings. The second kappa shape index (κ2) is 2.74. The van der Waals surface area contributed by atoms with Crippen LogP contribution < -0.4 is 0 Å². The van der Waals surface area contributed by atoms with Gasteiger partial charge in [-0.3, -0.25) is 0 Å². The fourth-order valence-corrected chi connectivity index (χ4v) is 3.96. The average molecular weight is 178 g/mol. The Hall–Kier alpha value is 0. The van der Waals surface area contributed by atoms with E-state index in [0.717, 1.165) is 11.3 Å². The predicted octanol–water partition coefficient (Wildman–Crippen LogP) is 4.00. The maximum Gasteiger partial charge on any atom is -0.0238 e. The first kappa shape index (κ1) is 8.32. The summed E-state index contributed by atoms with van der Waals surface area (Å²) in [6.07, 6.45) is 12.4. The van der Waals surface area contributed by atoms with Crippen LogP contribution >= 0.6 is 0 Å². The van der Waals surface area contributed by atoms with E-state index in [-0.39, 0.29) is 0 Å². The fraction of sp³-hybridized carbons (Fsp3) is 1.00. The third kappa shape index (κ3) is 1.10. The molecule has 2 unspecified atom stereocenters. The van der Waals surface area contributed by atoms with Gasteiger partial charge in [-0.15, -0.1) is 0 Å². The topological polar surface area (TPSA) is 0 Å². The van der Waals surface area contributed by atoms with Crippen LogP contribution in [0, 0.1) is 23.2 Å². The van der Waals surface area contributed by atoms with Crippen molar-refractivity contribution in [2.45, 2.75) is 58.3 Å². The van der Waals surface area contributed by atoms with Crippen LogP contribution in [-0.2, 0) is 0 Å². The summed E-state index contributed by atoms with van der Waals surface area (Å²) < 4.78 is 0. The highest BCUT2D eigenvalue weighted by molar-refractivity contribution is 5.15. The van der Waals surface area contributed by atoms with Gasteiger partial charge in [0.25, 0.3) is 0 Å². The lowest BCUT2D eigenvalue weighted by Crippen LogP contribution is -2.35. The van der Waals surface area contributed by atoms with E-state index in [1.165, 1.54) is 31.1 Å². The minimum atomic E-state index is 0.961. The summed E-state index contributed by atoms with van der Waals surface area (Å²) in [6.45, 7) is 2.32. The smallest absolute Gasteiger partial charge is 0.0238 e. The monoisotopic (exact) mass is 178 g/mol. The largest absolute Gasteiger partial charge is 0.0654 e. The molecule has 0 aliphatic heterocycles. The quantitative estimate of drug-likeness (QED) is 0.610. The second-order valence-electron chi connectivity index (χ2n) is 5.85. The number of hydrogen-bond donors (Lipinski definition) is 0. The Morgan fingerprint density at radius 2 is 2.08 bits per heavy atom. The molecule has 13 heavy (non-hydrogen) atoms. The molecule has 0 saturated heterocycles. The van der Waals surface area contributed by atoms with Crippen LogP contribution in [-0.4, -0.2) is 0 Å². The van der Waals surface area contributed by atoms with Gasteiger partial charge in [0, 0.05) is 0 Å². The van der Waals surface area contributed by atoms with Gasteiger partial charge in [0.05, 0.1) is 0 Å². The maximum absolute atomic E-state index is 2.32. The highest BCUT2D eigenvalue weighted by atomic mass is 14.7. The Labute approximate surface area is 82.1 Å². The van der Waals surface area contributed by atoms with Gasteiger partial charge < -0.3 is 0 Å². The normalized spacial score (nSPS) is 51.9. The van der Waals surface area contributed by atoms with E-state index in [4.69, 9.17) is 0 Å². The Kier molecular flexibility index (Phi) is 1.76. The summed E-state index contributed by atoms with van der Waals surface area (Å²) in [7, 11) is 0. The summed E-state index contributed by atoms with van der Waals surface area (Å²) in [5.74, 6) is 3.54. The van der Waals surface area contributed by atoms with Crippen molar-refractivity contribution in [3.05, 3.63) is 0 Å². The summed E-state index contributed by atoms with van der Waals surface area (Å²) in [6, 6.07) is 0. The van der Waals surface area contributed by atoms with Crippen molar-refractivity contribution in [1.82, 2.24) is 0 Å². The first-order valence-electron chi connectivity index (χ1n) is 6.35. The molecule has 2 atom stereocenters. The van der Waals surface area contributed by atoms with Crippen molar-refractivity contribution in [3.8, 4) is 0 Å². The van der Waals surface area contributed by atoms with Crippen molar-refractivity contribution >= 4 is 0 Å². The molecule has 0 N–H and O–H groups in total. The molecule has 0 radical (unpaired) electrons. The van der Waals surface area contributed by atoms with Crippen LogP contribution in [0.4, 0.5) is 0 Å². The lowest BCUT2D eigenvalue weighted by molar-refractivity contribution is 0.0508. The SMILES string of the molecule is CCCCC1CC(C23CCC2C3)C1. The fourth-order valence-electron chi connectivity index (χ4n) is 3.96. The lowest BCUT2D eigenvalue weighted by Gasteiger charge is -2.45. The van der Waals surface area contributed by atoms with Crippen LogP contribution in [0.1, 0.15) is 58.3 Å². The van der Waals surface area contributed by atoms with Gasteiger partial charge in [0.1, 0.15) is 0 Å². The zero-order valence-electron chi connectivity index (χ0n) is 8.89. The van der Waals surface area contributed by atoms with E-state index in [1.54, 1.807) is 32.1 Å². The molecular weight excluding hydrogens is 156 g/mol. The van der Waals surface area contributed by atoms with Crippen molar-refractivity contribution in [2.24, 2.45) is 23.2 Å². The van der Waals surface area contributed by atoms with E-state index < -0.39 is 0 Å². The number of fused-ring (bicyclic) bond motifs is 1. The van der Waals surface area contributed by atoms with Gasteiger partial charge in [0.2, 0.25) is 0 Å². The van der Waals surface area contributed by atoms with Crippen LogP contribution in [0.2, 0.25) is 0 Å². The molecule has 3 saturated carbocycles. The molecule has 0 aromatic carbocycles. The van der Waals surface area contributed by atoms with Gasteiger partial charge in [0.15, 0.2) is 0 Å². The standard InChI is InChI=1S/C13H22/c1-2-3-4-10-7-12(8-10)13-6-5-11(13)9-13/h10-12H,2-9H2,1H3. The summed E-state index contributed by atoms with van der Waals surface area (Å²) in [5.41, 5.74) is 0.961. The van der Waals surface area contributed by atoms with E-state index >= 15 is 0 Å². The zero-order chi connectivity index (χ0) is 8.89. The lowest BCUT2D eigenvalue weighted by atomic mass is 9.60. The molecule has 0 nitrogen and oxygen atoms in total. The molecule has 0 bridgehead atoms. The Morgan fingerprint density at radius 3 is 2.54 bits per heavy atom. The molecule has 0 heterocycles. The van der Waals surface area contributed by atoms with Crippen molar-refractivity contribution in [3.63, 3.8) is 0 Å². The molecule has 0 aromatic rings. The van der Waals surface area contributed by atoms with E-state index in [2.05, 4.69) is 6.92 Å². The first-order chi connectivity index (χ1) is 6.35. The zero-order valence-corrected chi connectivity index (χ0v) is 8.89. The van der Waals surface area contributed by atoms with E-state index in [9.17, 15) is 0 Å². The van der Waals surface area contributed by atoms with Crippen molar-refractivity contribution in [2.75, 3.05) is 0 Å². The summed E-state index contributed by atoms with van der Waals surface area (Å²) in [5, 5.41) is 0. The van der Waals surface area contributed by atoms with Crippen molar-refractivity contribution < 1.29 is 0 Å². The number of unbranched alkanes of at least 4 members (excludes halogenated alkanes) is 1. The molecule has 3 aliphatic carbocycles. The third-order valence-corrected chi connectivity index (χ3v) is 5.25. The van der Waals surface area contributed by atoms with Crippen LogP contribution in [0.5, 0.6) is 0 Å². The van der Waals surface area contributed by atoms with Crippen LogP contribution in [0.25, 0.3) is 0 Å². The predicted molar refractivity (Wildman–Crippen MR) is 55.5 cm³/mol. The molecule has 74 valence electrons. The minimum Gasteiger partial charge on any atom is -0.0654 e. The molecule has 3 rings (SSSR count). The Bertz CT molecular complexity index is 198. The average Bonchev–Trinajstić information content (AvgIpc) is 2.54. The van der Waals surface area contributed by atoms with Gasteiger partial charge >= 0.3 is 0 Å². The molecule has 0 spiro atoms. The first-order valence-corrected chi connectivity index (χ1v) is 6.35. The minimum absolute atomic E-state index is 0.961. The highest BCUT2D eigenvalue weighted by Crippen LogP contribution is 2.75. The Morgan fingerprint density at radius 1 is 1.23 bits per heavy atom. The van der Waals surface area contributed by atoms with Gasteiger partial charge in [-0.25, -0.2) is 0 Å². The summed E-state index contributed by atoms with van der Waals surface area (Å²) >= 11 is 0. The number of rotatable bonds is 4. The molecule has 0 heteroatoms. The van der Waals surface area contributed by atoms with Crippen molar-refractivity contribution in [1.29, 1.82) is 0 Å². The van der Waals surface area contributed by atoms with E-state index in [1.807, 2.05) is 0 Å². The second-order valence-corrected chi connectivity index (χ2v) is 5.85. The molecule has 0 aromatic heterocycles. The molecule has 3 fully saturated rings. The molecular formula is C13H22.